The summed E-state index contributed by atoms with van der Waals surface area (Å²) in [7, 11) is 0. The van der Waals surface area contributed by atoms with Crippen molar-refractivity contribution in [3.05, 3.63) is 40.4 Å². The van der Waals surface area contributed by atoms with E-state index in [0.29, 0.717) is 10.8 Å². The highest BCUT2D eigenvalue weighted by Crippen LogP contribution is 2.32. The second kappa shape index (κ2) is 7.14. The van der Waals surface area contributed by atoms with Crippen molar-refractivity contribution < 1.29 is 9.59 Å². The van der Waals surface area contributed by atoms with E-state index in [0.717, 1.165) is 29.7 Å². The summed E-state index contributed by atoms with van der Waals surface area (Å²) in [5.74, 6) is -0.0401. The highest BCUT2D eigenvalue weighted by atomic mass is 32.1. The zero-order valence-corrected chi connectivity index (χ0v) is 15.3. The van der Waals surface area contributed by atoms with Gasteiger partial charge in [-0.3, -0.25) is 14.5 Å². The van der Waals surface area contributed by atoms with Crippen LogP contribution in [0.5, 0.6) is 0 Å². The van der Waals surface area contributed by atoms with Crippen LogP contribution in [0.2, 0.25) is 0 Å². The van der Waals surface area contributed by atoms with Gasteiger partial charge in [0.1, 0.15) is 0 Å². The van der Waals surface area contributed by atoms with Gasteiger partial charge >= 0.3 is 0 Å². The van der Waals surface area contributed by atoms with Crippen molar-refractivity contribution in [2.45, 2.75) is 33.6 Å². The minimum atomic E-state index is -0.103. The van der Waals surface area contributed by atoms with Gasteiger partial charge in [-0.1, -0.05) is 12.1 Å². The third kappa shape index (κ3) is 3.93. The van der Waals surface area contributed by atoms with Gasteiger partial charge in [-0.25, -0.2) is 10.4 Å². The summed E-state index contributed by atoms with van der Waals surface area (Å²) in [4.78, 5) is 29.8. The molecular formula is C18H20N4O2S. The smallest absolute Gasteiger partial charge is 0.243 e. The van der Waals surface area contributed by atoms with Gasteiger partial charge in [0.15, 0.2) is 5.13 Å². The summed E-state index contributed by atoms with van der Waals surface area (Å²) in [6.07, 6.45) is 3.37. The number of thiazole rings is 1. The number of nitrogens with zero attached hydrogens (tertiary/aromatic N) is 3. The zero-order chi connectivity index (χ0) is 18.0. The Labute approximate surface area is 150 Å². The van der Waals surface area contributed by atoms with Crippen LogP contribution in [0.3, 0.4) is 0 Å². The molecule has 0 saturated heterocycles. The first-order valence-corrected chi connectivity index (χ1v) is 9.00. The molecule has 0 atom stereocenters. The van der Waals surface area contributed by atoms with Crippen LogP contribution in [0.1, 0.15) is 36.6 Å². The van der Waals surface area contributed by atoms with E-state index in [1.165, 1.54) is 24.5 Å². The van der Waals surface area contributed by atoms with Crippen LogP contribution < -0.4 is 10.3 Å². The van der Waals surface area contributed by atoms with Gasteiger partial charge in [-0.2, -0.15) is 5.10 Å². The van der Waals surface area contributed by atoms with Crippen molar-refractivity contribution >= 4 is 40.2 Å². The van der Waals surface area contributed by atoms with Gasteiger partial charge in [0.25, 0.3) is 0 Å². The van der Waals surface area contributed by atoms with Crippen molar-refractivity contribution in [1.29, 1.82) is 0 Å². The Morgan fingerprint density at radius 2 is 2.12 bits per heavy atom. The molecule has 1 saturated carbocycles. The van der Waals surface area contributed by atoms with Crippen molar-refractivity contribution in [2.24, 2.45) is 11.0 Å². The third-order valence-electron chi connectivity index (χ3n) is 4.15. The fraction of sp³-hybridized carbons (Fsp3) is 0.333. The first kappa shape index (κ1) is 17.3. The van der Waals surface area contributed by atoms with Gasteiger partial charge < -0.3 is 0 Å². The molecule has 1 aliphatic carbocycles. The number of carbonyl (C=O) groups is 2. The van der Waals surface area contributed by atoms with E-state index in [2.05, 4.69) is 15.5 Å². The number of anilines is 2. The summed E-state index contributed by atoms with van der Waals surface area (Å²) in [6.45, 7) is 5.52. The molecule has 1 aromatic carbocycles. The van der Waals surface area contributed by atoms with E-state index in [1.54, 1.807) is 4.90 Å². The van der Waals surface area contributed by atoms with Gasteiger partial charge in [0, 0.05) is 18.2 Å². The Morgan fingerprint density at radius 3 is 2.80 bits per heavy atom. The van der Waals surface area contributed by atoms with Crippen LogP contribution in [-0.4, -0.2) is 23.0 Å². The molecule has 0 spiro atoms. The molecule has 0 radical (unpaired) electrons. The standard InChI is InChI=1S/C18H20N4O2S/c1-11-5-4-6-16(12(11)2)22(13(3)23)18-20-15(10-25-18)9-19-21-17(24)14-7-8-14/h4-6,9-10,14H,7-8H2,1-3H3,(H,21,24)/b19-9-. The Bertz CT molecular complexity index is 839. The average Bonchev–Trinajstić information content (AvgIpc) is 3.32. The topological polar surface area (TPSA) is 74.7 Å². The minimum Gasteiger partial charge on any atom is -0.274 e. The van der Waals surface area contributed by atoms with Crippen LogP contribution in [0.15, 0.2) is 28.7 Å². The van der Waals surface area contributed by atoms with Crippen LogP contribution >= 0.6 is 11.3 Å². The predicted molar refractivity (Wildman–Crippen MR) is 99.3 cm³/mol. The molecule has 6 nitrogen and oxygen atoms in total. The maximum absolute atomic E-state index is 12.2. The predicted octanol–water partition coefficient (Wildman–Crippen LogP) is 3.30. The first-order chi connectivity index (χ1) is 12.0. The second-order valence-electron chi connectivity index (χ2n) is 6.14. The second-order valence-corrected chi connectivity index (χ2v) is 6.97. The number of hydrogen-bond donors (Lipinski definition) is 1. The monoisotopic (exact) mass is 356 g/mol. The number of rotatable bonds is 5. The van der Waals surface area contributed by atoms with E-state index in [1.807, 2.05) is 37.4 Å². The number of nitrogens with one attached hydrogen (secondary N) is 1. The fourth-order valence-electron chi connectivity index (χ4n) is 2.42. The lowest BCUT2D eigenvalue weighted by molar-refractivity contribution is -0.122. The van der Waals surface area contributed by atoms with Gasteiger partial charge in [0.2, 0.25) is 11.8 Å². The molecule has 1 heterocycles. The normalized spacial score (nSPS) is 13.9. The van der Waals surface area contributed by atoms with E-state index in [-0.39, 0.29) is 17.7 Å². The summed E-state index contributed by atoms with van der Waals surface area (Å²) < 4.78 is 0. The number of benzene rings is 1. The van der Waals surface area contributed by atoms with Crippen molar-refractivity contribution in [2.75, 3.05) is 4.90 Å². The Morgan fingerprint density at radius 1 is 1.36 bits per heavy atom. The van der Waals surface area contributed by atoms with E-state index >= 15 is 0 Å². The molecule has 2 aromatic rings. The van der Waals surface area contributed by atoms with Crippen LogP contribution in [0.4, 0.5) is 10.8 Å². The zero-order valence-electron chi connectivity index (χ0n) is 14.4. The summed E-state index contributed by atoms with van der Waals surface area (Å²) >= 11 is 1.36. The van der Waals surface area contributed by atoms with Crippen molar-refractivity contribution in [3.8, 4) is 0 Å². The maximum atomic E-state index is 12.2. The largest absolute Gasteiger partial charge is 0.274 e. The number of amides is 2. The SMILES string of the molecule is CC(=O)N(c1nc(/C=N\NC(=O)C2CC2)cs1)c1cccc(C)c1C. The molecule has 130 valence electrons. The van der Waals surface area contributed by atoms with E-state index in [4.69, 9.17) is 0 Å². The molecule has 2 amide bonds. The molecule has 0 bridgehead atoms. The lowest BCUT2D eigenvalue weighted by atomic mass is 10.1. The quantitative estimate of drug-likeness (QED) is 0.660. The van der Waals surface area contributed by atoms with Gasteiger partial charge in [-0.05, 0) is 43.9 Å². The fourth-order valence-corrected chi connectivity index (χ4v) is 3.25. The van der Waals surface area contributed by atoms with Gasteiger partial charge in [-0.15, -0.1) is 11.3 Å². The third-order valence-corrected chi connectivity index (χ3v) is 5.00. The molecule has 0 aliphatic heterocycles. The molecule has 3 rings (SSSR count). The van der Waals surface area contributed by atoms with Gasteiger partial charge in [0.05, 0.1) is 17.6 Å². The van der Waals surface area contributed by atoms with Crippen LogP contribution in [-0.2, 0) is 9.59 Å². The number of carbonyl (C=O) groups excluding carboxylic acids is 2. The Kier molecular flexibility index (Phi) is 4.94. The maximum Gasteiger partial charge on any atom is 0.243 e. The molecule has 1 N–H and O–H groups in total. The highest BCUT2D eigenvalue weighted by molar-refractivity contribution is 7.14. The van der Waals surface area contributed by atoms with E-state index < -0.39 is 0 Å². The molecular weight excluding hydrogens is 336 g/mol. The number of hydrazone groups is 1. The van der Waals surface area contributed by atoms with E-state index in [9.17, 15) is 9.59 Å². The molecule has 1 aliphatic rings. The molecule has 0 unspecified atom stereocenters. The Balaban J connectivity index is 1.80. The summed E-state index contributed by atoms with van der Waals surface area (Å²) in [6, 6.07) is 5.85. The molecule has 25 heavy (non-hydrogen) atoms. The number of aryl methyl sites for hydroxylation is 1. The molecule has 1 aromatic heterocycles. The highest BCUT2D eigenvalue weighted by Gasteiger charge is 2.29. The Hall–Kier alpha value is -2.54. The minimum absolute atomic E-state index is 0.0487. The number of aromatic nitrogens is 1. The lowest BCUT2D eigenvalue weighted by Gasteiger charge is -2.21. The van der Waals surface area contributed by atoms with Crippen molar-refractivity contribution in [3.63, 3.8) is 0 Å². The average molecular weight is 356 g/mol. The summed E-state index contributed by atoms with van der Waals surface area (Å²) in [5, 5.41) is 6.33. The van der Waals surface area contributed by atoms with Crippen LogP contribution in [0, 0.1) is 19.8 Å². The van der Waals surface area contributed by atoms with Crippen molar-refractivity contribution in [1.82, 2.24) is 10.4 Å². The molecule has 7 heteroatoms. The van der Waals surface area contributed by atoms with Crippen LogP contribution in [0.25, 0.3) is 0 Å². The first-order valence-electron chi connectivity index (χ1n) is 8.12. The molecule has 1 fully saturated rings. The lowest BCUT2D eigenvalue weighted by Crippen LogP contribution is -2.23. The summed E-state index contributed by atoms with van der Waals surface area (Å²) in [5.41, 5.74) is 6.10. The number of hydrogen-bond acceptors (Lipinski definition) is 5.